The van der Waals surface area contributed by atoms with Crippen molar-refractivity contribution in [2.24, 2.45) is 0 Å². The molecule has 1 heterocycles. The smallest absolute Gasteiger partial charge is 0.407 e. The van der Waals surface area contributed by atoms with Crippen LogP contribution in [0.5, 0.6) is 0 Å². The molecule has 8 nitrogen and oxygen atoms in total. The van der Waals surface area contributed by atoms with E-state index in [2.05, 4.69) is 5.32 Å². The average molecular weight is 467 g/mol. The molecule has 2 aromatic carbocycles. The van der Waals surface area contributed by atoms with E-state index in [0.717, 1.165) is 22.3 Å². The molecular formula is C26H30N2O6. The molecule has 3 N–H and O–H groups in total. The number of carbonyl (C=O) groups is 3. The van der Waals surface area contributed by atoms with Crippen LogP contribution in [-0.4, -0.2) is 64.4 Å². The number of likely N-dealkylation sites (tertiary alicyclic amines) is 1. The molecule has 3 atom stereocenters. The maximum atomic E-state index is 13.1. The quantitative estimate of drug-likeness (QED) is 0.577. The number of piperidine rings is 1. The number of amides is 2. The summed E-state index contributed by atoms with van der Waals surface area (Å²) in [5.41, 5.74) is 4.37. The van der Waals surface area contributed by atoms with Gasteiger partial charge in [-0.15, -0.1) is 0 Å². The first-order chi connectivity index (χ1) is 16.3. The molecule has 2 amide bonds. The number of carboxylic acids is 1. The number of nitrogens with zero attached hydrogens (tertiary/aromatic N) is 1. The lowest BCUT2D eigenvalue weighted by Crippen LogP contribution is -2.55. The van der Waals surface area contributed by atoms with Crippen molar-refractivity contribution in [3.63, 3.8) is 0 Å². The number of aliphatic hydroxyl groups is 1. The molecule has 1 saturated heterocycles. The normalized spacial score (nSPS) is 20.2. The van der Waals surface area contributed by atoms with Gasteiger partial charge in [-0.3, -0.25) is 9.59 Å². The summed E-state index contributed by atoms with van der Waals surface area (Å²) in [6, 6.07) is 14.8. The first-order valence-corrected chi connectivity index (χ1v) is 11.7. The molecule has 4 rings (SSSR count). The molecule has 0 spiro atoms. The third-order valence-electron chi connectivity index (χ3n) is 6.72. The van der Waals surface area contributed by atoms with Crippen LogP contribution in [0.3, 0.4) is 0 Å². The largest absolute Gasteiger partial charge is 0.481 e. The van der Waals surface area contributed by atoms with Gasteiger partial charge in [0.2, 0.25) is 5.91 Å². The number of carbonyl (C=O) groups excluding carboxylic acids is 2. The number of rotatable bonds is 7. The summed E-state index contributed by atoms with van der Waals surface area (Å²) >= 11 is 0. The molecule has 0 bridgehead atoms. The molecule has 1 aliphatic carbocycles. The van der Waals surface area contributed by atoms with Crippen molar-refractivity contribution in [2.75, 3.05) is 13.2 Å². The Labute approximate surface area is 198 Å². The maximum absolute atomic E-state index is 13.1. The summed E-state index contributed by atoms with van der Waals surface area (Å²) in [6.45, 7) is 2.14. The molecule has 1 aliphatic heterocycles. The van der Waals surface area contributed by atoms with Crippen molar-refractivity contribution in [3.8, 4) is 11.1 Å². The van der Waals surface area contributed by atoms with Crippen LogP contribution < -0.4 is 5.32 Å². The van der Waals surface area contributed by atoms with Gasteiger partial charge in [-0.1, -0.05) is 48.5 Å². The summed E-state index contributed by atoms with van der Waals surface area (Å²) in [7, 11) is 0. The Morgan fingerprint density at radius 1 is 1.06 bits per heavy atom. The molecule has 2 aliphatic rings. The third kappa shape index (κ3) is 5.07. The van der Waals surface area contributed by atoms with E-state index in [-0.39, 0.29) is 38.0 Å². The average Bonchev–Trinajstić information content (AvgIpc) is 3.15. The Hall–Kier alpha value is -3.39. The number of ether oxygens (including phenoxy) is 1. The van der Waals surface area contributed by atoms with Crippen molar-refractivity contribution in [1.29, 1.82) is 0 Å². The van der Waals surface area contributed by atoms with Crippen LogP contribution in [0.15, 0.2) is 48.5 Å². The SMILES string of the molecule is CC1CCC(O)CN1C(=O)C(CCC(=O)O)NC(=O)OCC1c2ccccc2-c2ccccc21. The van der Waals surface area contributed by atoms with E-state index in [1.54, 1.807) is 0 Å². The number of β-amino-alcohol motifs (C(OH)–C–C–N with tert-alkyl or cyclic N) is 1. The van der Waals surface area contributed by atoms with Gasteiger partial charge in [0, 0.05) is 24.9 Å². The maximum Gasteiger partial charge on any atom is 0.407 e. The first-order valence-electron chi connectivity index (χ1n) is 11.7. The standard InChI is InChI=1S/C26H30N2O6/c1-16-10-11-17(29)14-28(16)25(32)23(12-13-24(30)31)27-26(33)34-15-22-20-8-4-2-6-18(20)19-7-3-5-9-21(19)22/h2-9,16-17,22-23,29H,10-15H2,1H3,(H,27,33)(H,30,31). The van der Waals surface area contributed by atoms with E-state index in [0.29, 0.717) is 12.8 Å². The summed E-state index contributed by atoms with van der Waals surface area (Å²) < 4.78 is 5.54. The zero-order valence-corrected chi connectivity index (χ0v) is 19.1. The lowest BCUT2D eigenvalue weighted by atomic mass is 9.98. The second kappa shape index (κ2) is 10.3. The zero-order valence-electron chi connectivity index (χ0n) is 19.1. The van der Waals surface area contributed by atoms with Gasteiger partial charge in [0.1, 0.15) is 12.6 Å². The fourth-order valence-electron chi connectivity index (χ4n) is 4.90. The van der Waals surface area contributed by atoms with Crippen LogP contribution in [0.1, 0.15) is 49.7 Å². The Morgan fingerprint density at radius 2 is 1.68 bits per heavy atom. The highest BCUT2D eigenvalue weighted by Crippen LogP contribution is 2.44. The molecule has 0 aromatic heterocycles. The topological polar surface area (TPSA) is 116 Å². The number of hydrogen-bond acceptors (Lipinski definition) is 5. The summed E-state index contributed by atoms with van der Waals surface area (Å²) in [4.78, 5) is 38.5. The number of nitrogens with one attached hydrogen (secondary N) is 1. The third-order valence-corrected chi connectivity index (χ3v) is 6.72. The van der Waals surface area contributed by atoms with Gasteiger partial charge >= 0.3 is 12.1 Å². The van der Waals surface area contributed by atoms with E-state index >= 15 is 0 Å². The highest BCUT2D eigenvalue weighted by Gasteiger charge is 2.34. The number of carboxylic acid groups (broad SMARTS) is 1. The van der Waals surface area contributed by atoms with Crippen LogP contribution in [0, 0.1) is 0 Å². The molecule has 8 heteroatoms. The van der Waals surface area contributed by atoms with Gasteiger partial charge in [0.25, 0.3) is 0 Å². The van der Waals surface area contributed by atoms with Gasteiger partial charge in [-0.05, 0) is 48.4 Å². The van der Waals surface area contributed by atoms with Crippen LogP contribution in [-0.2, 0) is 14.3 Å². The molecule has 180 valence electrons. The van der Waals surface area contributed by atoms with Crippen molar-refractivity contribution in [2.45, 2.75) is 56.7 Å². The van der Waals surface area contributed by atoms with Crippen molar-refractivity contribution >= 4 is 18.0 Å². The number of fused-ring (bicyclic) bond motifs is 3. The van der Waals surface area contributed by atoms with Crippen LogP contribution >= 0.6 is 0 Å². The number of benzene rings is 2. The van der Waals surface area contributed by atoms with E-state index in [1.165, 1.54) is 4.90 Å². The number of aliphatic carboxylic acids is 1. The van der Waals surface area contributed by atoms with Crippen molar-refractivity contribution < 1.29 is 29.3 Å². The predicted octanol–water partition coefficient (Wildman–Crippen LogP) is 3.13. The molecule has 34 heavy (non-hydrogen) atoms. The Balaban J connectivity index is 1.44. The second-order valence-corrected chi connectivity index (χ2v) is 9.03. The minimum absolute atomic E-state index is 0.0579. The lowest BCUT2D eigenvalue weighted by molar-refractivity contribution is -0.140. The fraction of sp³-hybridized carbons (Fsp3) is 0.423. The predicted molar refractivity (Wildman–Crippen MR) is 125 cm³/mol. The second-order valence-electron chi connectivity index (χ2n) is 9.03. The number of alkyl carbamates (subject to hydrolysis) is 1. The molecular weight excluding hydrogens is 436 g/mol. The van der Waals surface area contributed by atoms with Crippen molar-refractivity contribution in [1.82, 2.24) is 10.2 Å². The van der Waals surface area contributed by atoms with Crippen LogP contribution in [0.25, 0.3) is 11.1 Å². The highest BCUT2D eigenvalue weighted by atomic mass is 16.5. The lowest BCUT2D eigenvalue weighted by Gasteiger charge is -2.38. The molecule has 2 aromatic rings. The van der Waals surface area contributed by atoms with Gasteiger partial charge in [-0.25, -0.2) is 4.79 Å². The van der Waals surface area contributed by atoms with Crippen LogP contribution in [0.2, 0.25) is 0 Å². The monoisotopic (exact) mass is 466 g/mol. The van der Waals surface area contributed by atoms with Crippen molar-refractivity contribution in [3.05, 3.63) is 59.7 Å². The van der Waals surface area contributed by atoms with Gasteiger partial charge < -0.3 is 25.2 Å². The molecule has 0 radical (unpaired) electrons. The van der Waals surface area contributed by atoms with E-state index < -0.39 is 30.1 Å². The minimum atomic E-state index is -1.06. The Morgan fingerprint density at radius 3 is 2.29 bits per heavy atom. The summed E-state index contributed by atoms with van der Waals surface area (Å²) in [5.74, 6) is -1.58. The zero-order chi connectivity index (χ0) is 24.2. The Kier molecular flexibility index (Phi) is 7.17. The highest BCUT2D eigenvalue weighted by molar-refractivity contribution is 5.86. The molecule has 1 fully saturated rings. The van der Waals surface area contributed by atoms with Gasteiger partial charge in [-0.2, -0.15) is 0 Å². The number of hydrogen-bond donors (Lipinski definition) is 3. The van der Waals surface area contributed by atoms with Gasteiger partial charge in [0.05, 0.1) is 6.10 Å². The van der Waals surface area contributed by atoms with Gasteiger partial charge in [0.15, 0.2) is 0 Å². The fourth-order valence-corrected chi connectivity index (χ4v) is 4.90. The summed E-state index contributed by atoms with van der Waals surface area (Å²) in [5, 5.41) is 21.7. The van der Waals surface area contributed by atoms with E-state index in [4.69, 9.17) is 9.84 Å². The van der Waals surface area contributed by atoms with Crippen LogP contribution in [0.4, 0.5) is 4.79 Å². The molecule has 3 unspecified atom stereocenters. The van der Waals surface area contributed by atoms with E-state index in [1.807, 2.05) is 55.5 Å². The first kappa shape index (κ1) is 23.8. The molecule has 0 saturated carbocycles. The minimum Gasteiger partial charge on any atom is -0.481 e. The number of aliphatic hydroxyl groups excluding tert-OH is 1. The Bertz CT molecular complexity index is 1030. The van der Waals surface area contributed by atoms with E-state index in [9.17, 15) is 19.5 Å². The summed E-state index contributed by atoms with van der Waals surface area (Å²) in [6.07, 6.45) is -0.484.